The lowest BCUT2D eigenvalue weighted by atomic mass is 10.2. The third-order valence-corrected chi connectivity index (χ3v) is 6.27. The van der Waals surface area contributed by atoms with E-state index in [2.05, 4.69) is 25.6 Å². The van der Waals surface area contributed by atoms with Crippen molar-refractivity contribution < 1.29 is 19.1 Å². The molecule has 11 nitrogen and oxygen atoms in total. The molecule has 214 valence electrons. The number of ether oxygens (including phenoxy) is 2. The molecule has 0 radical (unpaired) electrons. The van der Waals surface area contributed by atoms with Gasteiger partial charge < -0.3 is 31.6 Å². The molecule has 3 heterocycles. The molecule has 0 unspecified atom stereocenters. The summed E-state index contributed by atoms with van der Waals surface area (Å²) in [6.45, 7) is 1.87. The van der Waals surface area contributed by atoms with Crippen molar-refractivity contribution in [1.82, 2.24) is 15.0 Å². The van der Waals surface area contributed by atoms with Crippen LogP contribution in [-0.4, -0.2) is 53.1 Å². The Morgan fingerprint density at radius 3 is 1.52 bits per heavy atom. The SMILES string of the molecule is NCCCOc1cc(NC(=O)c2cccc(C(=O)Nc3cc(OCCCN)c4ccccc4n3)n2)nc2ccccc12. The van der Waals surface area contributed by atoms with Gasteiger partial charge in [-0.2, -0.15) is 0 Å². The third-order valence-electron chi connectivity index (χ3n) is 6.27. The van der Waals surface area contributed by atoms with Gasteiger partial charge in [0.2, 0.25) is 0 Å². The van der Waals surface area contributed by atoms with E-state index in [1.165, 1.54) is 12.1 Å². The maximum Gasteiger partial charge on any atom is 0.275 e. The van der Waals surface area contributed by atoms with Gasteiger partial charge in [0.05, 0.1) is 24.2 Å². The second-order valence-electron chi connectivity index (χ2n) is 9.34. The van der Waals surface area contributed by atoms with Crippen LogP contribution in [0.4, 0.5) is 11.6 Å². The van der Waals surface area contributed by atoms with Crippen LogP contribution in [0.3, 0.4) is 0 Å². The number of nitrogens with zero attached hydrogens (tertiary/aromatic N) is 3. The molecule has 0 aliphatic rings. The fourth-order valence-electron chi connectivity index (χ4n) is 4.23. The predicted octanol–water partition coefficient (Wildman–Crippen LogP) is 4.14. The van der Waals surface area contributed by atoms with E-state index in [1.54, 1.807) is 18.2 Å². The van der Waals surface area contributed by atoms with Crippen LogP contribution in [0.2, 0.25) is 0 Å². The van der Waals surface area contributed by atoms with E-state index < -0.39 is 11.8 Å². The molecule has 5 rings (SSSR count). The summed E-state index contributed by atoms with van der Waals surface area (Å²) in [6, 6.07) is 22.9. The zero-order valence-corrected chi connectivity index (χ0v) is 22.9. The molecule has 0 aliphatic heterocycles. The van der Waals surface area contributed by atoms with E-state index in [-0.39, 0.29) is 11.4 Å². The summed E-state index contributed by atoms with van der Waals surface area (Å²) in [4.78, 5) is 39.6. The lowest BCUT2D eigenvalue weighted by Crippen LogP contribution is -2.19. The number of anilines is 2. The normalized spacial score (nSPS) is 10.9. The van der Waals surface area contributed by atoms with Gasteiger partial charge in [-0.3, -0.25) is 9.59 Å². The van der Waals surface area contributed by atoms with Gasteiger partial charge in [-0.15, -0.1) is 0 Å². The molecule has 2 amide bonds. The number of aromatic nitrogens is 3. The average Bonchev–Trinajstić information content (AvgIpc) is 3.01. The Morgan fingerprint density at radius 2 is 1.07 bits per heavy atom. The van der Waals surface area contributed by atoms with Gasteiger partial charge in [0.25, 0.3) is 11.8 Å². The Morgan fingerprint density at radius 1 is 0.619 bits per heavy atom. The zero-order valence-electron chi connectivity index (χ0n) is 22.9. The molecule has 0 aliphatic carbocycles. The molecule has 0 atom stereocenters. The van der Waals surface area contributed by atoms with E-state index >= 15 is 0 Å². The molecule has 6 N–H and O–H groups in total. The zero-order chi connectivity index (χ0) is 29.3. The number of hydrogen-bond donors (Lipinski definition) is 4. The largest absolute Gasteiger partial charge is 0.493 e. The topological polar surface area (TPSA) is 167 Å². The number of carbonyl (C=O) groups excluding carboxylic acids is 2. The number of carbonyl (C=O) groups is 2. The predicted molar refractivity (Wildman–Crippen MR) is 162 cm³/mol. The molecule has 0 spiro atoms. The minimum absolute atomic E-state index is 0.0421. The number of rotatable bonds is 12. The number of nitrogens with two attached hydrogens (primary N) is 2. The summed E-state index contributed by atoms with van der Waals surface area (Å²) in [5.74, 6) is 0.695. The summed E-state index contributed by atoms with van der Waals surface area (Å²) in [7, 11) is 0. The standard InChI is InChI=1S/C31H31N7O4/c32-14-6-16-41-26-18-28(35-22-10-3-1-8-20(22)26)37-30(39)24-12-5-13-25(34-24)31(40)38-29-19-27(42-17-7-15-33)21-9-2-4-11-23(21)36-29/h1-5,8-13,18-19H,6-7,14-17,32-33H2,(H,35,37,39)(H,36,38,40). The average molecular weight is 566 g/mol. The van der Waals surface area contributed by atoms with Gasteiger partial charge in [0, 0.05) is 22.9 Å². The van der Waals surface area contributed by atoms with E-state index in [4.69, 9.17) is 20.9 Å². The van der Waals surface area contributed by atoms with Crippen molar-refractivity contribution in [3.63, 3.8) is 0 Å². The van der Waals surface area contributed by atoms with Crippen LogP contribution in [-0.2, 0) is 0 Å². The van der Waals surface area contributed by atoms with E-state index in [0.29, 0.717) is 73.3 Å². The van der Waals surface area contributed by atoms with E-state index in [1.807, 2.05) is 48.5 Å². The summed E-state index contributed by atoms with van der Waals surface area (Å²) >= 11 is 0. The minimum atomic E-state index is -0.528. The fraction of sp³-hybridized carbons (Fsp3) is 0.194. The second-order valence-corrected chi connectivity index (χ2v) is 9.34. The Kier molecular flexibility index (Phi) is 9.12. The lowest BCUT2D eigenvalue weighted by molar-refractivity contribution is 0.101. The number of hydrogen-bond acceptors (Lipinski definition) is 9. The molecule has 0 bridgehead atoms. The van der Waals surface area contributed by atoms with Crippen LogP contribution in [0.1, 0.15) is 33.8 Å². The highest BCUT2D eigenvalue weighted by Gasteiger charge is 2.16. The van der Waals surface area contributed by atoms with Crippen molar-refractivity contribution in [3.8, 4) is 11.5 Å². The monoisotopic (exact) mass is 565 g/mol. The molecule has 2 aromatic carbocycles. The Hall–Kier alpha value is -5.13. The van der Waals surface area contributed by atoms with Gasteiger partial charge in [0.15, 0.2) is 0 Å². The summed E-state index contributed by atoms with van der Waals surface area (Å²) < 4.78 is 11.8. The van der Waals surface area contributed by atoms with Crippen LogP contribution < -0.4 is 31.6 Å². The third kappa shape index (κ3) is 6.77. The number of fused-ring (bicyclic) bond motifs is 2. The van der Waals surface area contributed by atoms with Gasteiger partial charge in [-0.05, 0) is 62.3 Å². The second kappa shape index (κ2) is 13.5. The number of nitrogens with one attached hydrogen (secondary N) is 2. The fourth-order valence-corrected chi connectivity index (χ4v) is 4.23. The number of para-hydroxylation sites is 2. The summed E-state index contributed by atoms with van der Waals surface area (Å²) in [5, 5.41) is 7.16. The van der Waals surface area contributed by atoms with Crippen LogP contribution in [0.15, 0.2) is 78.9 Å². The van der Waals surface area contributed by atoms with Crippen molar-refractivity contribution in [2.24, 2.45) is 11.5 Å². The van der Waals surface area contributed by atoms with Crippen LogP contribution in [0.5, 0.6) is 11.5 Å². The van der Waals surface area contributed by atoms with Crippen LogP contribution >= 0.6 is 0 Å². The molecule has 5 aromatic rings. The van der Waals surface area contributed by atoms with E-state index in [9.17, 15) is 9.59 Å². The smallest absolute Gasteiger partial charge is 0.275 e. The Labute approximate surface area is 242 Å². The molecular weight excluding hydrogens is 534 g/mol. The first-order chi connectivity index (χ1) is 20.6. The number of pyridine rings is 3. The maximum atomic E-state index is 13.1. The minimum Gasteiger partial charge on any atom is -0.493 e. The molecule has 0 fully saturated rings. The van der Waals surface area contributed by atoms with E-state index in [0.717, 1.165) is 10.8 Å². The van der Waals surface area contributed by atoms with Crippen molar-refractivity contribution in [1.29, 1.82) is 0 Å². The van der Waals surface area contributed by atoms with Gasteiger partial charge in [0.1, 0.15) is 34.5 Å². The highest BCUT2D eigenvalue weighted by atomic mass is 16.5. The quantitative estimate of drug-likeness (QED) is 0.163. The molecule has 3 aromatic heterocycles. The van der Waals surface area contributed by atoms with Crippen molar-refractivity contribution in [3.05, 3.63) is 90.3 Å². The Bertz CT molecular complexity index is 1600. The highest BCUT2D eigenvalue weighted by Crippen LogP contribution is 2.29. The molecule has 42 heavy (non-hydrogen) atoms. The van der Waals surface area contributed by atoms with Gasteiger partial charge >= 0.3 is 0 Å². The first-order valence-electron chi connectivity index (χ1n) is 13.6. The molecule has 0 saturated carbocycles. The molecule has 11 heteroatoms. The maximum absolute atomic E-state index is 13.1. The first kappa shape index (κ1) is 28.4. The number of benzene rings is 2. The summed E-state index contributed by atoms with van der Waals surface area (Å²) in [6.07, 6.45) is 1.38. The highest BCUT2D eigenvalue weighted by molar-refractivity contribution is 6.06. The van der Waals surface area contributed by atoms with Crippen LogP contribution in [0, 0.1) is 0 Å². The molecular formula is C31H31N7O4. The summed E-state index contributed by atoms with van der Waals surface area (Å²) in [5.41, 5.74) is 12.6. The van der Waals surface area contributed by atoms with Crippen molar-refractivity contribution >= 4 is 45.3 Å². The first-order valence-corrected chi connectivity index (χ1v) is 13.6. The van der Waals surface area contributed by atoms with Crippen LogP contribution in [0.25, 0.3) is 21.8 Å². The van der Waals surface area contributed by atoms with Gasteiger partial charge in [-0.1, -0.05) is 30.3 Å². The van der Waals surface area contributed by atoms with Gasteiger partial charge in [-0.25, -0.2) is 15.0 Å². The Balaban J connectivity index is 1.34. The molecule has 0 saturated heterocycles. The number of amides is 2. The van der Waals surface area contributed by atoms with Crippen molar-refractivity contribution in [2.75, 3.05) is 36.9 Å². The van der Waals surface area contributed by atoms with Crippen molar-refractivity contribution in [2.45, 2.75) is 12.8 Å². The lowest BCUT2D eigenvalue weighted by Gasteiger charge is -2.12.